The molecule has 0 aromatic heterocycles. The number of carbonyl (C=O) groups excluding carboxylic acids is 2. The van der Waals surface area contributed by atoms with Crippen LogP contribution in [0.2, 0.25) is 0 Å². The van der Waals surface area contributed by atoms with Gasteiger partial charge in [0.2, 0.25) is 11.8 Å². The summed E-state index contributed by atoms with van der Waals surface area (Å²) >= 11 is 0. The Bertz CT molecular complexity index is 836. The minimum Gasteiger partial charge on any atom is -0.457 e. The second-order valence-electron chi connectivity index (χ2n) is 7.95. The van der Waals surface area contributed by atoms with E-state index < -0.39 is 5.41 Å². The Morgan fingerprint density at radius 1 is 0.964 bits per heavy atom. The Balaban J connectivity index is 1.37. The van der Waals surface area contributed by atoms with E-state index in [2.05, 4.69) is 12.2 Å². The topological polar surface area (TPSA) is 58.6 Å². The Hall–Kier alpha value is -2.82. The predicted molar refractivity (Wildman–Crippen MR) is 108 cm³/mol. The first kappa shape index (κ1) is 18.5. The summed E-state index contributed by atoms with van der Waals surface area (Å²) in [5.74, 6) is 1.93. The number of amides is 2. The van der Waals surface area contributed by atoms with Gasteiger partial charge in [-0.05, 0) is 68.0 Å². The molecule has 1 saturated heterocycles. The van der Waals surface area contributed by atoms with Gasteiger partial charge in [0.25, 0.3) is 0 Å². The molecular formula is C23H26N2O3. The molecule has 2 amide bonds. The highest BCUT2D eigenvalue weighted by Gasteiger charge is 2.58. The maximum Gasteiger partial charge on any atom is 0.240 e. The molecule has 1 aliphatic heterocycles. The monoisotopic (exact) mass is 378 g/mol. The van der Waals surface area contributed by atoms with Gasteiger partial charge in [0.15, 0.2) is 0 Å². The number of hydrogen-bond acceptors (Lipinski definition) is 3. The summed E-state index contributed by atoms with van der Waals surface area (Å²) < 4.78 is 5.77. The highest BCUT2D eigenvalue weighted by atomic mass is 16.5. The van der Waals surface area contributed by atoms with E-state index in [4.69, 9.17) is 4.74 Å². The van der Waals surface area contributed by atoms with Crippen molar-refractivity contribution in [3.05, 3.63) is 54.6 Å². The van der Waals surface area contributed by atoms with E-state index in [0.717, 1.165) is 31.7 Å². The number of rotatable bonds is 5. The smallest absolute Gasteiger partial charge is 0.240 e. The predicted octanol–water partition coefficient (Wildman–Crippen LogP) is 4.46. The first-order chi connectivity index (χ1) is 13.6. The van der Waals surface area contributed by atoms with E-state index in [1.54, 1.807) is 12.1 Å². The zero-order chi connectivity index (χ0) is 19.6. The van der Waals surface area contributed by atoms with Crippen LogP contribution in [0, 0.1) is 11.3 Å². The molecule has 4 rings (SSSR count). The second-order valence-corrected chi connectivity index (χ2v) is 7.95. The molecule has 5 heteroatoms. The molecule has 1 N–H and O–H groups in total. The normalized spacial score (nSPS) is 18.4. The second kappa shape index (κ2) is 7.66. The van der Waals surface area contributed by atoms with E-state index in [1.165, 1.54) is 0 Å². The summed E-state index contributed by atoms with van der Waals surface area (Å²) in [5.41, 5.74) is -0.184. The summed E-state index contributed by atoms with van der Waals surface area (Å²) in [6.45, 7) is 3.74. The Morgan fingerprint density at radius 3 is 2.18 bits per heavy atom. The molecule has 2 aliphatic rings. The molecule has 1 aliphatic carbocycles. The van der Waals surface area contributed by atoms with Gasteiger partial charge in [-0.3, -0.25) is 9.59 Å². The van der Waals surface area contributed by atoms with Gasteiger partial charge in [0, 0.05) is 18.8 Å². The number of likely N-dealkylation sites (tertiary alicyclic amines) is 1. The highest BCUT2D eigenvalue weighted by Crippen LogP contribution is 2.48. The van der Waals surface area contributed by atoms with Crippen LogP contribution in [0.5, 0.6) is 11.5 Å². The van der Waals surface area contributed by atoms with Crippen molar-refractivity contribution in [2.75, 3.05) is 18.4 Å². The van der Waals surface area contributed by atoms with Gasteiger partial charge >= 0.3 is 0 Å². The first-order valence-corrected chi connectivity index (χ1v) is 10.0. The summed E-state index contributed by atoms with van der Waals surface area (Å²) in [7, 11) is 0. The molecule has 2 aromatic carbocycles. The van der Waals surface area contributed by atoms with E-state index in [9.17, 15) is 9.59 Å². The largest absolute Gasteiger partial charge is 0.457 e. The van der Waals surface area contributed by atoms with Crippen LogP contribution in [0.3, 0.4) is 0 Å². The van der Waals surface area contributed by atoms with Crippen LogP contribution in [0.1, 0.15) is 32.6 Å². The average Bonchev–Trinajstić information content (AvgIpc) is 3.52. The number of ether oxygens (including phenoxy) is 1. The van der Waals surface area contributed by atoms with Gasteiger partial charge in [-0.25, -0.2) is 0 Å². The fourth-order valence-corrected chi connectivity index (χ4v) is 3.66. The summed E-state index contributed by atoms with van der Waals surface area (Å²) in [5, 5.41) is 2.92. The van der Waals surface area contributed by atoms with Crippen LogP contribution >= 0.6 is 0 Å². The molecule has 28 heavy (non-hydrogen) atoms. The molecule has 0 atom stereocenters. The third kappa shape index (κ3) is 3.88. The van der Waals surface area contributed by atoms with Crippen LogP contribution in [0.25, 0.3) is 0 Å². The number of anilines is 1. The van der Waals surface area contributed by atoms with Gasteiger partial charge in [-0.15, -0.1) is 0 Å². The number of benzene rings is 2. The van der Waals surface area contributed by atoms with Gasteiger partial charge in [-0.2, -0.15) is 0 Å². The summed E-state index contributed by atoms with van der Waals surface area (Å²) in [6, 6.07) is 16.8. The van der Waals surface area contributed by atoms with Crippen molar-refractivity contribution >= 4 is 17.5 Å². The molecule has 146 valence electrons. The third-order valence-electron chi connectivity index (χ3n) is 5.76. The van der Waals surface area contributed by atoms with Crippen LogP contribution < -0.4 is 10.1 Å². The summed E-state index contributed by atoms with van der Waals surface area (Å²) in [6.07, 6.45) is 3.32. The highest BCUT2D eigenvalue weighted by molar-refractivity contribution is 6.13. The zero-order valence-electron chi connectivity index (χ0n) is 16.2. The minimum absolute atomic E-state index is 0.000862. The average molecular weight is 378 g/mol. The molecule has 2 fully saturated rings. The minimum atomic E-state index is -0.861. The quantitative estimate of drug-likeness (QED) is 0.782. The van der Waals surface area contributed by atoms with Crippen molar-refractivity contribution in [2.45, 2.75) is 32.6 Å². The molecule has 0 radical (unpaired) electrons. The SMILES string of the molecule is CC1CCN(C(=O)C2(C(=O)Nc3ccc(Oc4ccccc4)cc3)CC2)CC1. The van der Waals surface area contributed by atoms with Crippen molar-refractivity contribution in [1.29, 1.82) is 0 Å². The standard InChI is InChI=1S/C23H26N2O3/c1-17-11-15-25(16-12-17)22(27)23(13-14-23)21(26)24-18-7-9-20(10-8-18)28-19-5-3-2-4-6-19/h2-10,17H,11-16H2,1H3,(H,24,26). The van der Waals surface area contributed by atoms with Crippen molar-refractivity contribution < 1.29 is 14.3 Å². The zero-order valence-corrected chi connectivity index (χ0v) is 16.2. The third-order valence-corrected chi connectivity index (χ3v) is 5.76. The number of para-hydroxylation sites is 1. The van der Waals surface area contributed by atoms with E-state index >= 15 is 0 Å². The number of nitrogens with one attached hydrogen (secondary N) is 1. The van der Waals surface area contributed by atoms with E-state index in [1.807, 2.05) is 47.4 Å². The first-order valence-electron chi connectivity index (χ1n) is 10.0. The molecular weight excluding hydrogens is 352 g/mol. The summed E-state index contributed by atoms with van der Waals surface area (Å²) in [4.78, 5) is 27.6. The molecule has 5 nitrogen and oxygen atoms in total. The Labute approximate surface area is 165 Å². The van der Waals surface area contributed by atoms with E-state index in [0.29, 0.717) is 30.2 Å². The fourth-order valence-electron chi connectivity index (χ4n) is 3.66. The molecule has 1 saturated carbocycles. The molecule has 0 unspecified atom stereocenters. The van der Waals surface area contributed by atoms with Crippen LogP contribution in [0.15, 0.2) is 54.6 Å². The maximum absolute atomic E-state index is 12.9. The lowest BCUT2D eigenvalue weighted by molar-refractivity contribution is -0.143. The molecule has 0 bridgehead atoms. The van der Waals surface area contributed by atoms with Crippen molar-refractivity contribution in [3.63, 3.8) is 0 Å². The van der Waals surface area contributed by atoms with Gasteiger partial charge in [-0.1, -0.05) is 25.1 Å². The Morgan fingerprint density at radius 2 is 1.57 bits per heavy atom. The Kier molecular flexibility index (Phi) is 5.07. The fraction of sp³-hybridized carbons (Fsp3) is 0.391. The molecule has 0 spiro atoms. The van der Waals surface area contributed by atoms with Gasteiger partial charge in [0.1, 0.15) is 16.9 Å². The molecule has 1 heterocycles. The number of piperidine rings is 1. The number of hydrogen-bond donors (Lipinski definition) is 1. The number of nitrogens with zero attached hydrogens (tertiary/aromatic N) is 1. The lowest BCUT2D eigenvalue weighted by Crippen LogP contribution is -2.46. The van der Waals surface area contributed by atoms with Gasteiger partial charge < -0.3 is 15.0 Å². The van der Waals surface area contributed by atoms with Crippen LogP contribution in [-0.4, -0.2) is 29.8 Å². The van der Waals surface area contributed by atoms with Crippen molar-refractivity contribution in [1.82, 2.24) is 4.90 Å². The van der Waals surface area contributed by atoms with Crippen molar-refractivity contribution in [2.24, 2.45) is 11.3 Å². The lowest BCUT2D eigenvalue weighted by atomic mass is 9.96. The molecule has 2 aromatic rings. The van der Waals surface area contributed by atoms with Crippen LogP contribution in [0.4, 0.5) is 5.69 Å². The van der Waals surface area contributed by atoms with Crippen LogP contribution in [-0.2, 0) is 9.59 Å². The maximum atomic E-state index is 12.9. The van der Waals surface area contributed by atoms with E-state index in [-0.39, 0.29) is 11.8 Å². The van der Waals surface area contributed by atoms with Gasteiger partial charge in [0.05, 0.1) is 0 Å². The lowest BCUT2D eigenvalue weighted by Gasteiger charge is -2.32. The van der Waals surface area contributed by atoms with Crippen molar-refractivity contribution in [3.8, 4) is 11.5 Å². The number of carbonyl (C=O) groups is 2.